The molecule has 0 bridgehead atoms. The van der Waals surface area contributed by atoms with Crippen LogP contribution >= 0.6 is 0 Å². The second-order valence-electron chi connectivity index (χ2n) is 5.16. The number of rotatable bonds is 4. The number of fused-ring (bicyclic) bond motifs is 1. The Morgan fingerprint density at radius 2 is 1.76 bits per heavy atom. The average Bonchev–Trinajstić information content (AvgIpc) is 2.79. The summed E-state index contributed by atoms with van der Waals surface area (Å²) in [5.74, 6) is 1.74. The molecule has 1 heterocycles. The van der Waals surface area contributed by atoms with Crippen LogP contribution in [-0.2, 0) is 13.0 Å². The molecule has 2 aromatic rings. The van der Waals surface area contributed by atoms with Crippen LogP contribution in [0.3, 0.4) is 0 Å². The van der Waals surface area contributed by atoms with Gasteiger partial charge in [0.05, 0.1) is 13.2 Å². The van der Waals surface area contributed by atoms with E-state index in [2.05, 4.69) is 42.6 Å². The summed E-state index contributed by atoms with van der Waals surface area (Å²) in [6.07, 6.45) is 1.95. The number of para-hydroxylation sites is 2. The zero-order chi connectivity index (χ0) is 14.5. The van der Waals surface area contributed by atoms with Crippen molar-refractivity contribution in [2.24, 2.45) is 0 Å². The molecule has 0 saturated carbocycles. The average molecular weight is 283 g/mol. The fourth-order valence-corrected chi connectivity index (χ4v) is 2.58. The molecule has 0 aromatic heterocycles. The molecule has 21 heavy (non-hydrogen) atoms. The first-order valence-electron chi connectivity index (χ1n) is 7.57. The number of benzene rings is 2. The van der Waals surface area contributed by atoms with E-state index in [1.807, 2.05) is 12.1 Å². The molecule has 1 aliphatic heterocycles. The number of hydrogen-bond donors (Lipinski definition) is 1. The van der Waals surface area contributed by atoms with Gasteiger partial charge in [-0.2, -0.15) is 0 Å². The normalized spacial score (nSPS) is 13.6. The molecule has 2 aromatic carbocycles. The Balaban J connectivity index is 1.79. The van der Waals surface area contributed by atoms with Gasteiger partial charge in [0, 0.05) is 24.2 Å². The lowest BCUT2D eigenvalue weighted by Crippen LogP contribution is -2.05. The van der Waals surface area contributed by atoms with Crippen molar-refractivity contribution in [2.75, 3.05) is 18.5 Å². The van der Waals surface area contributed by atoms with Crippen molar-refractivity contribution in [1.82, 2.24) is 0 Å². The second kappa shape index (κ2) is 6.53. The minimum Gasteiger partial charge on any atom is -0.490 e. The Labute approximate surface area is 125 Å². The van der Waals surface area contributed by atoms with E-state index in [9.17, 15) is 0 Å². The van der Waals surface area contributed by atoms with Crippen molar-refractivity contribution in [1.29, 1.82) is 0 Å². The van der Waals surface area contributed by atoms with E-state index in [4.69, 9.17) is 9.47 Å². The van der Waals surface area contributed by atoms with Gasteiger partial charge in [-0.3, -0.25) is 0 Å². The lowest BCUT2D eigenvalue weighted by molar-refractivity contribution is 0.296. The predicted octanol–water partition coefficient (Wildman–Crippen LogP) is 4.02. The fourth-order valence-electron chi connectivity index (χ4n) is 2.58. The molecule has 0 saturated heterocycles. The molecule has 1 N–H and O–H groups in total. The van der Waals surface area contributed by atoms with Crippen molar-refractivity contribution in [3.63, 3.8) is 0 Å². The smallest absolute Gasteiger partial charge is 0.166 e. The lowest BCUT2D eigenvalue weighted by atomic mass is 10.1. The molecule has 0 amide bonds. The van der Waals surface area contributed by atoms with Crippen LogP contribution in [0, 0.1) is 0 Å². The zero-order valence-electron chi connectivity index (χ0n) is 12.4. The summed E-state index contributed by atoms with van der Waals surface area (Å²) in [7, 11) is 0. The summed E-state index contributed by atoms with van der Waals surface area (Å²) in [5, 5.41) is 3.52. The van der Waals surface area contributed by atoms with Gasteiger partial charge in [0.2, 0.25) is 0 Å². The maximum absolute atomic E-state index is 5.86. The first-order chi connectivity index (χ1) is 10.4. The number of aryl methyl sites for hydroxylation is 1. The first-order valence-corrected chi connectivity index (χ1v) is 7.57. The van der Waals surface area contributed by atoms with E-state index in [1.165, 1.54) is 11.3 Å². The van der Waals surface area contributed by atoms with Crippen LogP contribution in [0.2, 0.25) is 0 Å². The van der Waals surface area contributed by atoms with Gasteiger partial charge in [-0.15, -0.1) is 0 Å². The van der Waals surface area contributed by atoms with Crippen LogP contribution in [0.4, 0.5) is 5.69 Å². The highest BCUT2D eigenvalue weighted by molar-refractivity contribution is 5.53. The Bertz CT molecular complexity index is 610. The van der Waals surface area contributed by atoms with Crippen LogP contribution in [0.5, 0.6) is 11.5 Å². The third-order valence-corrected chi connectivity index (χ3v) is 3.72. The van der Waals surface area contributed by atoms with Crippen molar-refractivity contribution in [3.05, 3.63) is 53.6 Å². The molecule has 0 aliphatic carbocycles. The van der Waals surface area contributed by atoms with Gasteiger partial charge in [-0.05, 0) is 24.1 Å². The second-order valence-corrected chi connectivity index (χ2v) is 5.16. The Hall–Kier alpha value is -2.16. The number of nitrogens with one attached hydrogen (secondary N) is 1. The van der Waals surface area contributed by atoms with Gasteiger partial charge >= 0.3 is 0 Å². The topological polar surface area (TPSA) is 30.5 Å². The van der Waals surface area contributed by atoms with Gasteiger partial charge in [0.25, 0.3) is 0 Å². The molecule has 0 fully saturated rings. The summed E-state index contributed by atoms with van der Waals surface area (Å²) in [6.45, 7) is 4.35. The van der Waals surface area contributed by atoms with Crippen molar-refractivity contribution < 1.29 is 9.47 Å². The van der Waals surface area contributed by atoms with E-state index >= 15 is 0 Å². The van der Waals surface area contributed by atoms with E-state index in [0.717, 1.165) is 49.7 Å². The Morgan fingerprint density at radius 1 is 0.952 bits per heavy atom. The molecule has 0 radical (unpaired) electrons. The van der Waals surface area contributed by atoms with Gasteiger partial charge in [0.15, 0.2) is 11.5 Å². The third kappa shape index (κ3) is 3.13. The van der Waals surface area contributed by atoms with E-state index in [-0.39, 0.29) is 0 Å². The standard InChI is InChI=1S/C18H21NO2/c1-2-14-7-3-4-9-16(14)19-13-15-8-5-10-17-18(15)21-12-6-11-20-17/h3-5,7-10,19H,2,6,11-13H2,1H3. The molecule has 3 rings (SSSR count). The summed E-state index contributed by atoms with van der Waals surface area (Å²) < 4.78 is 11.6. The minimum atomic E-state index is 0.718. The number of hydrogen-bond acceptors (Lipinski definition) is 3. The molecule has 3 heteroatoms. The number of ether oxygens (including phenoxy) is 2. The van der Waals surface area contributed by atoms with Crippen molar-refractivity contribution in [3.8, 4) is 11.5 Å². The van der Waals surface area contributed by atoms with Crippen molar-refractivity contribution in [2.45, 2.75) is 26.3 Å². The summed E-state index contributed by atoms with van der Waals surface area (Å²) in [5.41, 5.74) is 3.66. The van der Waals surface area contributed by atoms with Gasteiger partial charge in [-0.1, -0.05) is 37.3 Å². The summed E-state index contributed by atoms with van der Waals surface area (Å²) >= 11 is 0. The molecular formula is C18H21NO2. The maximum Gasteiger partial charge on any atom is 0.166 e. The fraction of sp³-hybridized carbons (Fsp3) is 0.333. The Morgan fingerprint density at radius 3 is 2.67 bits per heavy atom. The maximum atomic E-state index is 5.86. The van der Waals surface area contributed by atoms with Crippen LogP contribution in [0.1, 0.15) is 24.5 Å². The van der Waals surface area contributed by atoms with Crippen LogP contribution in [0.25, 0.3) is 0 Å². The molecule has 0 spiro atoms. The van der Waals surface area contributed by atoms with Crippen LogP contribution < -0.4 is 14.8 Å². The molecule has 1 aliphatic rings. The zero-order valence-corrected chi connectivity index (χ0v) is 12.4. The largest absolute Gasteiger partial charge is 0.490 e. The van der Waals surface area contributed by atoms with Crippen molar-refractivity contribution >= 4 is 5.69 Å². The molecular weight excluding hydrogens is 262 g/mol. The molecule has 0 atom stereocenters. The molecule has 3 nitrogen and oxygen atoms in total. The third-order valence-electron chi connectivity index (χ3n) is 3.72. The van der Waals surface area contributed by atoms with Crippen LogP contribution in [0.15, 0.2) is 42.5 Å². The van der Waals surface area contributed by atoms with Gasteiger partial charge < -0.3 is 14.8 Å². The highest BCUT2D eigenvalue weighted by atomic mass is 16.5. The lowest BCUT2D eigenvalue weighted by Gasteiger charge is -2.15. The SMILES string of the molecule is CCc1ccccc1NCc1cccc2c1OCCCO2. The Kier molecular flexibility index (Phi) is 4.29. The van der Waals surface area contributed by atoms with Gasteiger partial charge in [-0.25, -0.2) is 0 Å². The van der Waals surface area contributed by atoms with Crippen LogP contribution in [-0.4, -0.2) is 13.2 Å². The minimum absolute atomic E-state index is 0.718. The van der Waals surface area contributed by atoms with E-state index in [1.54, 1.807) is 0 Å². The quantitative estimate of drug-likeness (QED) is 0.919. The van der Waals surface area contributed by atoms with E-state index < -0.39 is 0 Å². The van der Waals surface area contributed by atoms with E-state index in [0.29, 0.717) is 0 Å². The predicted molar refractivity (Wildman–Crippen MR) is 85.2 cm³/mol. The summed E-state index contributed by atoms with van der Waals surface area (Å²) in [6, 6.07) is 14.5. The number of anilines is 1. The monoisotopic (exact) mass is 283 g/mol. The molecule has 110 valence electrons. The summed E-state index contributed by atoms with van der Waals surface area (Å²) in [4.78, 5) is 0. The highest BCUT2D eigenvalue weighted by Crippen LogP contribution is 2.33. The first kappa shape index (κ1) is 13.8. The highest BCUT2D eigenvalue weighted by Gasteiger charge is 2.14. The van der Waals surface area contributed by atoms with Gasteiger partial charge in [0.1, 0.15) is 0 Å². The molecule has 0 unspecified atom stereocenters.